The maximum Gasteiger partial charge on any atom is 0.295 e. The molecule has 0 fully saturated rings. The van der Waals surface area contributed by atoms with Gasteiger partial charge in [0.1, 0.15) is 5.82 Å². The van der Waals surface area contributed by atoms with Crippen molar-refractivity contribution in [3.05, 3.63) is 23.2 Å². The largest absolute Gasteiger partial charge is 0.435 e. The number of carbonyl (C=O) groups excluding carboxylic acids is 1. The van der Waals surface area contributed by atoms with Crippen molar-refractivity contribution in [3.63, 3.8) is 0 Å². The van der Waals surface area contributed by atoms with Gasteiger partial charge in [0.25, 0.3) is 5.91 Å². The standard InChI is InChI=1S/C10H12N4O2S/c1-4-7-11-5(2)8(16-7)9(15)13-10-12-6(3)14-17-10/h4H2,1-3H3,(H,12,13,14,15). The van der Waals surface area contributed by atoms with E-state index in [1.807, 2.05) is 6.92 Å². The number of rotatable bonds is 3. The molecule has 0 aliphatic heterocycles. The Bertz CT molecular complexity index is 546. The molecule has 17 heavy (non-hydrogen) atoms. The van der Waals surface area contributed by atoms with Crippen molar-refractivity contribution in [2.24, 2.45) is 0 Å². The molecule has 0 saturated carbocycles. The van der Waals surface area contributed by atoms with Crippen molar-refractivity contribution in [2.75, 3.05) is 5.32 Å². The van der Waals surface area contributed by atoms with Crippen LogP contribution in [0.3, 0.4) is 0 Å². The second-order valence-corrected chi connectivity index (χ2v) is 4.23. The predicted octanol–water partition coefficient (Wildman–Crippen LogP) is 1.96. The van der Waals surface area contributed by atoms with Crippen molar-refractivity contribution in [1.29, 1.82) is 0 Å². The number of nitrogens with one attached hydrogen (secondary N) is 1. The summed E-state index contributed by atoms with van der Waals surface area (Å²) in [5.74, 6) is 1.08. The number of carbonyl (C=O) groups is 1. The molecule has 0 saturated heterocycles. The van der Waals surface area contributed by atoms with Gasteiger partial charge in [-0.1, -0.05) is 6.92 Å². The summed E-state index contributed by atoms with van der Waals surface area (Å²) in [5.41, 5.74) is 0.584. The van der Waals surface area contributed by atoms with Crippen LogP contribution >= 0.6 is 11.5 Å². The molecule has 2 heterocycles. The van der Waals surface area contributed by atoms with Gasteiger partial charge in [0, 0.05) is 18.0 Å². The van der Waals surface area contributed by atoms with Gasteiger partial charge < -0.3 is 4.42 Å². The van der Waals surface area contributed by atoms with Crippen LogP contribution in [-0.2, 0) is 6.42 Å². The van der Waals surface area contributed by atoms with E-state index in [4.69, 9.17) is 4.42 Å². The number of hydrogen-bond acceptors (Lipinski definition) is 6. The van der Waals surface area contributed by atoms with E-state index >= 15 is 0 Å². The lowest BCUT2D eigenvalue weighted by molar-refractivity contribution is 0.0994. The van der Waals surface area contributed by atoms with Crippen LogP contribution < -0.4 is 5.32 Å². The molecule has 0 aliphatic carbocycles. The number of amides is 1. The number of aromatic nitrogens is 3. The van der Waals surface area contributed by atoms with Gasteiger partial charge in [-0.15, -0.1) is 0 Å². The number of oxazole rings is 1. The van der Waals surface area contributed by atoms with Gasteiger partial charge in [-0.2, -0.15) is 4.37 Å². The highest BCUT2D eigenvalue weighted by molar-refractivity contribution is 7.09. The number of nitrogens with zero attached hydrogens (tertiary/aromatic N) is 3. The molecule has 0 radical (unpaired) electrons. The molecular weight excluding hydrogens is 240 g/mol. The summed E-state index contributed by atoms with van der Waals surface area (Å²) in [5, 5.41) is 3.09. The first-order valence-electron chi connectivity index (χ1n) is 5.18. The van der Waals surface area contributed by atoms with Crippen molar-refractivity contribution >= 4 is 22.6 Å². The topological polar surface area (TPSA) is 80.9 Å². The molecule has 0 aromatic carbocycles. The molecule has 1 amide bonds. The summed E-state index contributed by atoms with van der Waals surface area (Å²) in [7, 11) is 0. The van der Waals surface area contributed by atoms with E-state index < -0.39 is 0 Å². The fraction of sp³-hybridized carbons (Fsp3) is 0.400. The number of anilines is 1. The average molecular weight is 252 g/mol. The quantitative estimate of drug-likeness (QED) is 0.903. The van der Waals surface area contributed by atoms with Crippen LogP contribution in [0.5, 0.6) is 0 Å². The average Bonchev–Trinajstić information content (AvgIpc) is 2.85. The fourth-order valence-corrected chi connectivity index (χ4v) is 1.89. The SMILES string of the molecule is CCc1nc(C)c(C(=O)Nc2nc(C)ns2)o1. The fourth-order valence-electron chi connectivity index (χ4n) is 1.32. The highest BCUT2D eigenvalue weighted by atomic mass is 32.1. The van der Waals surface area contributed by atoms with Crippen molar-refractivity contribution in [1.82, 2.24) is 14.3 Å². The Labute approximate surface area is 102 Å². The number of aryl methyl sites for hydroxylation is 3. The van der Waals surface area contributed by atoms with E-state index in [-0.39, 0.29) is 11.7 Å². The van der Waals surface area contributed by atoms with Crippen molar-refractivity contribution < 1.29 is 9.21 Å². The zero-order valence-electron chi connectivity index (χ0n) is 9.77. The predicted molar refractivity (Wildman–Crippen MR) is 63.2 cm³/mol. The van der Waals surface area contributed by atoms with Crippen LogP contribution in [-0.4, -0.2) is 20.2 Å². The van der Waals surface area contributed by atoms with Crippen molar-refractivity contribution in [3.8, 4) is 0 Å². The van der Waals surface area contributed by atoms with E-state index in [0.29, 0.717) is 29.0 Å². The summed E-state index contributed by atoms with van der Waals surface area (Å²) in [6.07, 6.45) is 0.659. The zero-order valence-corrected chi connectivity index (χ0v) is 10.6. The first-order valence-corrected chi connectivity index (χ1v) is 5.95. The Balaban J connectivity index is 2.16. The first kappa shape index (κ1) is 11.7. The molecule has 6 nitrogen and oxygen atoms in total. The molecule has 2 rings (SSSR count). The lowest BCUT2D eigenvalue weighted by Crippen LogP contribution is -2.12. The summed E-state index contributed by atoms with van der Waals surface area (Å²) in [4.78, 5) is 20.1. The Kier molecular flexibility index (Phi) is 3.19. The molecule has 1 N–H and O–H groups in total. The first-order chi connectivity index (χ1) is 8.10. The monoisotopic (exact) mass is 252 g/mol. The molecule has 0 unspecified atom stereocenters. The second kappa shape index (κ2) is 4.62. The highest BCUT2D eigenvalue weighted by Crippen LogP contribution is 2.15. The molecular formula is C10H12N4O2S. The molecule has 7 heteroatoms. The van der Waals surface area contributed by atoms with E-state index in [9.17, 15) is 4.79 Å². The molecule has 0 atom stereocenters. The third-order valence-electron chi connectivity index (χ3n) is 2.10. The van der Waals surface area contributed by atoms with Crippen LogP contribution in [0.1, 0.15) is 34.9 Å². The minimum atomic E-state index is -0.342. The van der Waals surface area contributed by atoms with E-state index in [1.54, 1.807) is 13.8 Å². The van der Waals surface area contributed by atoms with Crippen LogP contribution in [0.15, 0.2) is 4.42 Å². The molecule has 2 aromatic heterocycles. The van der Waals surface area contributed by atoms with E-state index in [0.717, 1.165) is 11.5 Å². The van der Waals surface area contributed by atoms with Gasteiger partial charge in [-0.25, -0.2) is 9.97 Å². The highest BCUT2D eigenvalue weighted by Gasteiger charge is 2.18. The summed E-state index contributed by atoms with van der Waals surface area (Å²) < 4.78 is 9.31. The zero-order chi connectivity index (χ0) is 12.4. The summed E-state index contributed by atoms with van der Waals surface area (Å²) >= 11 is 1.14. The lowest BCUT2D eigenvalue weighted by atomic mass is 10.3. The van der Waals surface area contributed by atoms with Crippen LogP contribution in [0.25, 0.3) is 0 Å². The normalized spacial score (nSPS) is 10.5. The van der Waals surface area contributed by atoms with Crippen LogP contribution in [0.2, 0.25) is 0 Å². The number of hydrogen-bond donors (Lipinski definition) is 1. The second-order valence-electron chi connectivity index (χ2n) is 3.48. The Hall–Kier alpha value is -1.76. The van der Waals surface area contributed by atoms with E-state index in [1.165, 1.54) is 0 Å². The van der Waals surface area contributed by atoms with Gasteiger partial charge in [-0.3, -0.25) is 10.1 Å². The van der Waals surface area contributed by atoms with Gasteiger partial charge in [-0.05, 0) is 13.8 Å². The summed E-state index contributed by atoms with van der Waals surface area (Å²) in [6, 6.07) is 0. The molecule has 2 aromatic rings. The Morgan fingerprint density at radius 2 is 2.18 bits per heavy atom. The smallest absolute Gasteiger partial charge is 0.295 e. The lowest BCUT2D eigenvalue weighted by Gasteiger charge is -1.97. The minimum Gasteiger partial charge on any atom is -0.435 e. The van der Waals surface area contributed by atoms with Crippen molar-refractivity contribution in [2.45, 2.75) is 27.2 Å². The van der Waals surface area contributed by atoms with Gasteiger partial charge in [0.15, 0.2) is 5.89 Å². The molecule has 0 spiro atoms. The Morgan fingerprint density at radius 1 is 1.41 bits per heavy atom. The van der Waals surface area contributed by atoms with Crippen LogP contribution in [0.4, 0.5) is 5.13 Å². The summed E-state index contributed by atoms with van der Waals surface area (Å²) in [6.45, 7) is 5.42. The van der Waals surface area contributed by atoms with E-state index in [2.05, 4.69) is 19.7 Å². The maximum absolute atomic E-state index is 11.9. The third-order valence-corrected chi connectivity index (χ3v) is 2.82. The van der Waals surface area contributed by atoms with Gasteiger partial charge in [0.05, 0.1) is 5.69 Å². The third kappa shape index (κ3) is 2.50. The molecule has 0 bridgehead atoms. The Morgan fingerprint density at radius 3 is 2.71 bits per heavy atom. The molecule has 90 valence electrons. The van der Waals surface area contributed by atoms with Gasteiger partial charge >= 0.3 is 0 Å². The van der Waals surface area contributed by atoms with Gasteiger partial charge in [0.2, 0.25) is 10.9 Å². The maximum atomic E-state index is 11.9. The molecule has 0 aliphatic rings. The minimum absolute atomic E-state index is 0.231. The van der Waals surface area contributed by atoms with Crippen LogP contribution in [0, 0.1) is 13.8 Å².